The zero-order valence-electron chi connectivity index (χ0n) is 13.1. The summed E-state index contributed by atoms with van der Waals surface area (Å²) in [6.07, 6.45) is 2.13. The number of benzene rings is 2. The Morgan fingerprint density at radius 1 is 1.25 bits per heavy atom. The lowest BCUT2D eigenvalue weighted by Crippen LogP contribution is -2.46. The van der Waals surface area contributed by atoms with E-state index in [-0.39, 0.29) is 23.4 Å². The Morgan fingerprint density at radius 2 is 1.96 bits per heavy atom. The summed E-state index contributed by atoms with van der Waals surface area (Å²) in [5.41, 5.74) is 6.27. The molecule has 0 aromatic heterocycles. The Balaban J connectivity index is 1.64. The van der Waals surface area contributed by atoms with E-state index in [1.54, 1.807) is 24.3 Å². The summed E-state index contributed by atoms with van der Waals surface area (Å²) < 4.78 is 26.8. The molecule has 1 atom stereocenters. The highest BCUT2D eigenvalue weighted by Crippen LogP contribution is 2.41. The maximum atomic E-state index is 12.8. The van der Waals surface area contributed by atoms with Gasteiger partial charge in [0, 0.05) is 18.0 Å². The number of nitrogens with one attached hydrogen (secondary N) is 1. The molecule has 0 spiro atoms. The van der Waals surface area contributed by atoms with Crippen molar-refractivity contribution >= 4 is 32.4 Å². The van der Waals surface area contributed by atoms with Crippen LogP contribution in [0.5, 0.6) is 0 Å². The second kappa shape index (κ2) is 5.46. The lowest BCUT2D eigenvalue weighted by molar-refractivity contribution is -0.120. The first-order chi connectivity index (χ1) is 11.5. The first kappa shape index (κ1) is 15.4. The molecule has 1 fully saturated rings. The molecule has 1 aliphatic heterocycles. The Kier molecular flexibility index (Phi) is 3.51. The van der Waals surface area contributed by atoms with Gasteiger partial charge in [-0.15, -0.1) is 0 Å². The molecular formula is C17H19N3O3S. The fraction of sp³-hybridized carbons (Fsp3) is 0.353. The molecule has 1 aliphatic carbocycles. The van der Waals surface area contributed by atoms with E-state index in [4.69, 9.17) is 5.73 Å². The fourth-order valence-corrected chi connectivity index (χ4v) is 5.05. The summed E-state index contributed by atoms with van der Waals surface area (Å²) in [5, 5.41) is 4.42. The number of carbonyl (C=O) groups is 1. The summed E-state index contributed by atoms with van der Waals surface area (Å²) in [6, 6.07) is 10.5. The molecule has 4 rings (SSSR count). The molecule has 0 saturated heterocycles. The molecule has 1 unspecified atom stereocenters. The lowest BCUT2D eigenvalue weighted by Gasteiger charge is -2.21. The smallest absolute Gasteiger partial charge is 0.265 e. The fourth-order valence-electron chi connectivity index (χ4n) is 3.38. The van der Waals surface area contributed by atoms with Gasteiger partial charge in [-0.1, -0.05) is 24.3 Å². The lowest BCUT2D eigenvalue weighted by atomic mass is 10.1. The van der Waals surface area contributed by atoms with Gasteiger partial charge in [0.05, 0.1) is 10.6 Å². The summed E-state index contributed by atoms with van der Waals surface area (Å²) in [7, 11) is -3.70. The average Bonchev–Trinajstić information content (AvgIpc) is 3.38. The third kappa shape index (κ3) is 2.35. The van der Waals surface area contributed by atoms with Crippen molar-refractivity contribution < 1.29 is 13.2 Å². The van der Waals surface area contributed by atoms with Gasteiger partial charge in [0.2, 0.25) is 5.91 Å². The Labute approximate surface area is 140 Å². The number of nitrogens with two attached hydrogens (primary N) is 1. The first-order valence-corrected chi connectivity index (χ1v) is 9.50. The number of hydrogen-bond acceptors (Lipinski definition) is 4. The number of sulfonamides is 1. The van der Waals surface area contributed by atoms with Crippen molar-refractivity contribution in [2.24, 2.45) is 11.7 Å². The highest BCUT2D eigenvalue weighted by atomic mass is 32.2. The molecule has 2 aliphatic rings. The van der Waals surface area contributed by atoms with Gasteiger partial charge < -0.3 is 11.1 Å². The van der Waals surface area contributed by atoms with Crippen LogP contribution in [0.4, 0.5) is 5.69 Å². The molecule has 1 amide bonds. The van der Waals surface area contributed by atoms with Crippen LogP contribution in [0.3, 0.4) is 0 Å². The minimum atomic E-state index is -3.70. The van der Waals surface area contributed by atoms with Crippen molar-refractivity contribution in [2.45, 2.75) is 23.8 Å². The summed E-state index contributed by atoms with van der Waals surface area (Å²) in [6.45, 7) is 0.151. The number of rotatable bonds is 5. The minimum absolute atomic E-state index is 0.0685. The van der Waals surface area contributed by atoms with Gasteiger partial charge in [0.25, 0.3) is 10.0 Å². The topological polar surface area (TPSA) is 92.5 Å². The molecule has 126 valence electrons. The van der Waals surface area contributed by atoms with E-state index in [0.717, 1.165) is 18.2 Å². The standard InChI is InChI=1S/C17H19N3O3S/c18-9-13(11-7-8-11)19-16(21)10-20-14-5-1-3-12-4-2-6-15(17(12)14)24(20,22)23/h1-6,11,13H,7-10,18H2,(H,19,21). The third-order valence-electron chi connectivity index (χ3n) is 4.76. The number of nitrogens with zero attached hydrogens (tertiary/aromatic N) is 1. The zero-order valence-corrected chi connectivity index (χ0v) is 13.9. The quantitative estimate of drug-likeness (QED) is 0.852. The number of amides is 1. The maximum absolute atomic E-state index is 12.8. The van der Waals surface area contributed by atoms with Crippen molar-refractivity contribution in [3.05, 3.63) is 36.4 Å². The van der Waals surface area contributed by atoms with Gasteiger partial charge in [-0.3, -0.25) is 9.10 Å². The molecule has 2 aromatic carbocycles. The van der Waals surface area contributed by atoms with Crippen LogP contribution in [0.15, 0.2) is 41.3 Å². The van der Waals surface area contributed by atoms with Gasteiger partial charge >= 0.3 is 0 Å². The van der Waals surface area contributed by atoms with Crippen molar-refractivity contribution in [1.82, 2.24) is 5.32 Å². The summed E-state index contributed by atoms with van der Waals surface area (Å²) >= 11 is 0. The summed E-state index contributed by atoms with van der Waals surface area (Å²) in [5.74, 6) is 0.112. The average molecular weight is 345 g/mol. The maximum Gasteiger partial charge on any atom is 0.265 e. The van der Waals surface area contributed by atoms with E-state index in [0.29, 0.717) is 23.5 Å². The van der Waals surface area contributed by atoms with E-state index < -0.39 is 10.0 Å². The second-order valence-corrected chi connectivity index (χ2v) is 8.22. The molecule has 3 N–H and O–H groups in total. The number of anilines is 1. The van der Waals surface area contributed by atoms with E-state index in [1.165, 1.54) is 4.31 Å². The van der Waals surface area contributed by atoms with Crippen LogP contribution in [-0.2, 0) is 14.8 Å². The Morgan fingerprint density at radius 3 is 2.62 bits per heavy atom. The van der Waals surface area contributed by atoms with Gasteiger partial charge in [-0.25, -0.2) is 8.42 Å². The van der Waals surface area contributed by atoms with E-state index in [9.17, 15) is 13.2 Å². The van der Waals surface area contributed by atoms with Crippen LogP contribution in [0.2, 0.25) is 0 Å². The predicted octanol–water partition coefficient (Wildman–Crippen LogP) is 1.20. The van der Waals surface area contributed by atoms with Crippen LogP contribution < -0.4 is 15.4 Å². The van der Waals surface area contributed by atoms with E-state index in [1.807, 2.05) is 12.1 Å². The third-order valence-corrected chi connectivity index (χ3v) is 6.56. The molecule has 7 heteroatoms. The molecule has 1 heterocycles. The monoisotopic (exact) mass is 345 g/mol. The minimum Gasteiger partial charge on any atom is -0.350 e. The van der Waals surface area contributed by atoms with E-state index >= 15 is 0 Å². The van der Waals surface area contributed by atoms with Crippen LogP contribution >= 0.6 is 0 Å². The van der Waals surface area contributed by atoms with Gasteiger partial charge in [0.15, 0.2) is 0 Å². The second-order valence-electron chi connectivity index (χ2n) is 6.39. The normalized spacial score (nSPS) is 19.5. The molecule has 2 aromatic rings. The molecule has 0 bridgehead atoms. The van der Waals surface area contributed by atoms with Gasteiger partial charge in [-0.05, 0) is 36.3 Å². The van der Waals surface area contributed by atoms with Crippen LogP contribution in [0.1, 0.15) is 12.8 Å². The molecule has 1 saturated carbocycles. The van der Waals surface area contributed by atoms with E-state index in [2.05, 4.69) is 5.32 Å². The molecule has 24 heavy (non-hydrogen) atoms. The van der Waals surface area contributed by atoms with Crippen LogP contribution in [-0.4, -0.2) is 33.5 Å². The highest BCUT2D eigenvalue weighted by molar-refractivity contribution is 7.93. The molecular weight excluding hydrogens is 326 g/mol. The van der Waals surface area contributed by atoms with Crippen molar-refractivity contribution in [3.8, 4) is 0 Å². The Bertz CT molecular complexity index is 917. The largest absolute Gasteiger partial charge is 0.350 e. The van der Waals surface area contributed by atoms with Crippen molar-refractivity contribution in [3.63, 3.8) is 0 Å². The highest BCUT2D eigenvalue weighted by Gasteiger charge is 2.37. The van der Waals surface area contributed by atoms with Crippen LogP contribution in [0.25, 0.3) is 10.8 Å². The SMILES string of the molecule is NCC(NC(=O)CN1c2cccc3cccc(c23)S1(=O)=O)C1CC1. The predicted molar refractivity (Wildman–Crippen MR) is 92.2 cm³/mol. The zero-order chi connectivity index (χ0) is 16.9. The van der Waals surface area contributed by atoms with Gasteiger partial charge in [-0.2, -0.15) is 0 Å². The molecule has 6 nitrogen and oxygen atoms in total. The Hall–Kier alpha value is -2.12. The first-order valence-electron chi connectivity index (χ1n) is 8.06. The summed E-state index contributed by atoms with van der Waals surface area (Å²) in [4.78, 5) is 12.7. The number of hydrogen-bond donors (Lipinski definition) is 2. The number of carbonyl (C=O) groups excluding carboxylic acids is 1. The van der Waals surface area contributed by atoms with Crippen LogP contribution in [0, 0.1) is 5.92 Å². The molecule has 0 radical (unpaired) electrons. The van der Waals surface area contributed by atoms with Crippen molar-refractivity contribution in [1.29, 1.82) is 0 Å². The van der Waals surface area contributed by atoms with Gasteiger partial charge in [0.1, 0.15) is 6.54 Å². The van der Waals surface area contributed by atoms with Crippen molar-refractivity contribution in [2.75, 3.05) is 17.4 Å².